The van der Waals surface area contributed by atoms with Gasteiger partial charge in [-0.1, -0.05) is 23.7 Å². The molecule has 0 unspecified atom stereocenters. The minimum Gasteiger partial charge on any atom is -0.360 e. The maximum Gasteiger partial charge on any atom is 0.294 e. The summed E-state index contributed by atoms with van der Waals surface area (Å²) in [5.41, 5.74) is 1.32. The van der Waals surface area contributed by atoms with Crippen molar-refractivity contribution >= 4 is 39.0 Å². The second kappa shape index (κ2) is 8.01. The maximum atomic E-state index is 12.2. The number of rotatable bonds is 5. The largest absolute Gasteiger partial charge is 0.360 e. The predicted molar refractivity (Wildman–Crippen MR) is 98.4 cm³/mol. The Morgan fingerprint density at radius 3 is 2.58 bits per heavy atom. The van der Waals surface area contributed by atoms with E-state index in [-0.39, 0.29) is 16.2 Å². The molecule has 0 fully saturated rings. The van der Waals surface area contributed by atoms with E-state index in [0.29, 0.717) is 10.7 Å². The van der Waals surface area contributed by atoms with E-state index >= 15 is 0 Å². The second-order valence-corrected chi connectivity index (χ2v) is 7.06. The Kier molecular flexibility index (Phi) is 6.00. The van der Waals surface area contributed by atoms with Crippen molar-refractivity contribution in [3.05, 3.63) is 64.8 Å². The minimum absolute atomic E-state index is 0.237. The monoisotopic (exact) mass is 391 g/mol. The van der Waals surface area contributed by atoms with Gasteiger partial charge in [-0.25, -0.2) is 0 Å². The zero-order chi connectivity index (χ0) is 19.3. The molecule has 0 aliphatic rings. The van der Waals surface area contributed by atoms with Crippen molar-refractivity contribution in [2.75, 3.05) is 10.6 Å². The highest BCUT2D eigenvalue weighted by molar-refractivity contribution is 7.85. The summed E-state index contributed by atoms with van der Waals surface area (Å²) in [5.74, 6) is -0.661. The van der Waals surface area contributed by atoms with Gasteiger partial charge in [0.25, 0.3) is 16.0 Å². The summed E-state index contributed by atoms with van der Waals surface area (Å²) < 4.78 is 31.3. The molecule has 0 heterocycles. The molecule has 0 spiro atoms. The third-order valence-corrected chi connectivity index (χ3v) is 4.57. The zero-order valence-corrected chi connectivity index (χ0v) is 15.1. The number of amides is 1. The smallest absolute Gasteiger partial charge is 0.294 e. The van der Waals surface area contributed by atoms with Gasteiger partial charge >= 0.3 is 0 Å². The first-order chi connectivity index (χ1) is 12.2. The molecule has 26 heavy (non-hydrogen) atoms. The van der Waals surface area contributed by atoms with Crippen LogP contribution in [0.2, 0.25) is 5.02 Å². The molecule has 0 bridgehead atoms. The van der Waals surface area contributed by atoms with Crippen LogP contribution in [0.3, 0.4) is 0 Å². The topological polar surface area (TPSA) is 119 Å². The van der Waals surface area contributed by atoms with Crippen molar-refractivity contribution in [2.24, 2.45) is 0 Å². The van der Waals surface area contributed by atoms with Gasteiger partial charge in [-0.05, 0) is 42.8 Å². The Bertz CT molecular complexity index is 1030. The molecule has 2 aromatic carbocycles. The predicted octanol–water partition coefficient (Wildman–Crippen LogP) is 3.35. The molecule has 0 aliphatic carbocycles. The lowest BCUT2D eigenvalue weighted by molar-refractivity contribution is -0.112. The van der Waals surface area contributed by atoms with Crippen LogP contribution in [0, 0.1) is 18.3 Å². The van der Waals surface area contributed by atoms with Crippen LogP contribution >= 0.6 is 11.6 Å². The fourth-order valence-corrected chi connectivity index (χ4v) is 2.63. The Labute approximate surface area is 155 Å². The number of aryl methyl sites for hydroxylation is 1. The van der Waals surface area contributed by atoms with E-state index in [9.17, 15) is 13.2 Å². The van der Waals surface area contributed by atoms with Gasteiger partial charge in [0.05, 0.1) is 4.90 Å². The molecular weight excluding hydrogens is 378 g/mol. The molecule has 0 atom stereocenters. The van der Waals surface area contributed by atoms with Gasteiger partial charge in [0.2, 0.25) is 0 Å². The van der Waals surface area contributed by atoms with E-state index in [4.69, 9.17) is 21.4 Å². The lowest BCUT2D eigenvalue weighted by atomic mass is 10.2. The van der Waals surface area contributed by atoms with E-state index in [1.54, 1.807) is 24.3 Å². The summed E-state index contributed by atoms with van der Waals surface area (Å²) in [5, 5.41) is 14.8. The van der Waals surface area contributed by atoms with Crippen molar-refractivity contribution in [3.8, 4) is 6.07 Å². The summed E-state index contributed by atoms with van der Waals surface area (Å²) in [6.45, 7) is 1.82. The Morgan fingerprint density at radius 2 is 1.96 bits per heavy atom. The molecule has 3 N–H and O–H groups in total. The third kappa shape index (κ3) is 5.07. The number of hydrogen-bond acceptors (Lipinski definition) is 5. The van der Waals surface area contributed by atoms with Crippen LogP contribution in [0.25, 0.3) is 0 Å². The quantitative estimate of drug-likeness (QED) is 0.408. The van der Waals surface area contributed by atoms with E-state index in [1.165, 1.54) is 24.3 Å². The number of benzene rings is 2. The normalized spacial score (nSPS) is 11.5. The van der Waals surface area contributed by atoms with Crippen molar-refractivity contribution in [1.82, 2.24) is 0 Å². The van der Waals surface area contributed by atoms with E-state index in [2.05, 4.69) is 10.6 Å². The number of anilines is 2. The summed E-state index contributed by atoms with van der Waals surface area (Å²) in [7, 11) is -4.35. The molecule has 7 nitrogen and oxygen atoms in total. The first-order valence-electron chi connectivity index (χ1n) is 7.22. The first-order valence-corrected chi connectivity index (χ1v) is 9.04. The van der Waals surface area contributed by atoms with E-state index in [0.717, 1.165) is 11.8 Å². The van der Waals surface area contributed by atoms with Gasteiger partial charge in [0.1, 0.15) is 11.6 Å². The van der Waals surface area contributed by atoms with Crippen LogP contribution in [0.1, 0.15) is 5.56 Å². The number of carbonyl (C=O) groups is 1. The minimum atomic E-state index is -4.35. The number of nitrogens with one attached hydrogen (secondary N) is 2. The molecule has 2 rings (SSSR count). The SMILES string of the molecule is Cc1ccc(NC(=O)/C(C#N)=C\Nc2cccc(S(=O)(=O)O)c2)cc1Cl. The number of halogens is 1. The lowest BCUT2D eigenvalue weighted by Crippen LogP contribution is -2.14. The summed E-state index contributed by atoms with van der Waals surface area (Å²) in [6, 6.07) is 12.0. The van der Waals surface area contributed by atoms with Gasteiger partial charge in [0.15, 0.2) is 0 Å². The number of hydrogen-bond donors (Lipinski definition) is 3. The van der Waals surface area contributed by atoms with Gasteiger partial charge in [0, 0.05) is 22.6 Å². The Morgan fingerprint density at radius 1 is 1.23 bits per heavy atom. The van der Waals surface area contributed by atoms with Crippen molar-refractivity contribution in [3.63, 3.8) is 0 Å². The van der Waals surface area contributed by atoms with Crippen LogP contribution in [0.5, 0.6) is 0 Å². The lowest BCUT2D eigenvalue weighted by Gasteiger charge is -2.07. The Balaban J connectivity index is 2.16. The van der Waals surface area contributed by atoms with Gasteiger partial charge in [-0.2, -0.15) is 13.7 Å². The number of nitrogens with zero attached hydrogens (tertiary/aromatic N) is 1. The van der Waals surface area contributed by atoms with Crippen molar-refractivity contribution in [1.29, 1.82) is 5.26 Å². The molecule has 1 amide bonds. The van der Waals surface area contributed by atoms with Crippen molar-refractivity contribution in [2.45, 2.75) is 11.8 Å². The molecule has 0 aromatic heterocycles. The van der Waals surface area contributed by atoms with Crippen LogP contribution in [-0.2, 0) is 14.9 Å². The van der Waals surface area contributed by atoms with E-state index < -0.39 is 16.0 Å². The van der Waals surface area contributed by atoms with E-state index in [1.807, 2.05) is 6.92 Å². The first kappa shape index (κ1) is 19.5. The third-order valence-electron chi connectivity index (χ3n) is 3.31. The van der Waals surface area contributed by atoms with Gasteiger partial charge in [-0.15, -0.1) is 0 Å². The number of carbonyl (C=O) groups excluding carboxylic acids is 1. The molecule has 0 saturated carbocycles. The number of nitriles is 1. The highest BCUT2D eigenvalue weighted by atomic mass is 35.5. The zero-order valence-electron chi connectivity index (χ0n) is 13.5. The molecular formula is C17H14ClN3O4S. The Hall–Kier alpha value is -2.86. The summed E-state index contributed by atoms with van der Waals surface area (Å²) in [4.78, 5) is 11.9. The van der Waals surface area contributed by atoms with Crippen molar-refractivity contribution < 1.29 is 17.8 Å². The average molecular weight is 392 g/mol. The van der Waals surface area contributed by atoms with Crippen LogP contribution < -0.4 is 10.6 Å². The van der Waals surface area contributed by atoms with Gasteiger partial charge < -0.3 is 10.6 Å². The summed E-state index contributed by atoms with van der Waals surface area (Å²) in [6.07, 6.45) is 1.13. The van der Waals surface area contributed by atoms with Crippen LogP contribution in [0.4, 0.5) is 11.4 Å². The second-order valence-electron chi connectivity index (χ2n) is 5.24. The molecule has 134 valence electrons. The molecule has 2 aromatic rings. The fraction of sp³-hybridized carbons (Fsp3) is 0.0588. The average Bonchev–Trinajstić information content (AvgIpc) is 2.58. The highest BCUT2D eigenvalue weighted by Crippen LogP contribution is 2.20. The molecule has 0 radical (unpaired) electrons. The van der Waals surface area contributed by atoms with Gasteiger partial charge in [-0.3, -0.25) is 9.35 Å². The molecule has 0 saturated heterocycles. The molecule has 0 aliphatic heterocycles. The highest BCUT2D eigenvalue weighted by Gasteiger charge is 2.11. The van der Waals surface area contributed by atoms with Crippen LogP contribution in [-0.4, -0.2) is 18.9 Å². The fourth-order valence-electron chi connectivity index (χ4n) is 1.92. The maximum absolute atomic E-state index is 12.2. The van der Waals surface area contributed by atoms with Crippen LogP contribution in [0.15, 0.2) is 59.1 Å². The standard InChI is InChI=1S/C17H14ClN3O4S/c1-11-5-6-14(8-16(11)18)21-17(22)12(9-19)10-20-13-3-2-4-15(7-13)26(23,24)25/h2-8,10,20H,1H3,(H,21,22)(H,23,24,25)/b12-10-. The summed E-state index contributed by atoms with van der Waals surface area (Å²) >= 11 is 5.99. The molecule has 9 heteroatoms.